The Labute approximate surface area is 188 Å². The van der Waals surface area contributed by atoms with Crippen LogP contribution in [0.5, 0.6) is 5.75 Å². The van der Waals surface area contributed by atoms with Gasteiger partial charge in [0.15, 0.2) is 0 Å². The van der Waals surface area contributed by atoms with Crippen LogP contribution in [0.4, 0.5) is 0 Å². The van der Waals surface area contributed by atoms with E-state index in [1.54, 1.807) is 11.3 Å². The van der Waals surface area contributed by atoms with Crippen LogP contribution in [0.15, 0.2) is 47.8 Å². The minimum absolute atomic E-state index is 0.0685. The molecule has 2 aliphatic rings. The Hall–Kier alpha value is -2.34. The van der Waals surface area contributed by atoms with Gasteiger partial charge in [0.1, 0.15) is 5.75 Å². The number of hydrogen-bond donors (Lipinski definition) is 1. The van der Waals surface area contributed by atoms with Gasteiger partial charge in [-0.25, -0.2) is 0 Å². The van der Waals surface area contributed by atoms with Crippen molar-refractivity contribution < 1.29 is 14.3 Å². The number of rotatable bonds is 8. The fourth-order valence-corrected chi connectivity index (χ4v) is 5.67. The van der Waals surface area contributed by atoms with Crippen LogP contribution >= 0.6 is 11.3 Å². The van der Waals surface area contributed by atoms with Gasteiger partial charge in [-0.15, -0.1) is 11.3 Å². The second-order valence-corrected chi connectivity index (χ2v) is 9.62. The highest BCUT2D eigenvalue weighted by Crippen LogP contribution is 2.37. The summed E-state index contributed by atoms with van der Waals surface area (Å²) in [5, 5.41) is 5.45. The second kappa shape index (κ2) is 10.8. The van der Waals surface area contributed by atoms with E-state index in [0.29, 0.717) is 25.5 Å². The molecule has 4 rings (SSSR count). The topological polar surface area (TPSA) is 58.6 Å². The summed E-state index contributed by atoms with van der Waals surface area (Å²) >= 11 is 1.73. The van der Waals surface area contributed by atoms with Crippen molar-refractivity contribution in [3.8, 4) is 5.75 Å². The lowest BCUT2D eigenvalue weighted by Crippen LogP contribution is -2.46. The SMILES string of the molecule is O=C(NC(c1cccs1)C1CCCC1)C1CCCN(C(=O)CCOc2ccccc2)C1. The molecule has 1 aliphatic heterocycles. The summed E-state index contributed by atoms with van der Waals surface area (Å²) in [4.78, 5) is 28.9. The lowest BCUT2D eigenvalue weighted by atomic mass is 9.93. The second-order valence-electron chi connectivity index (χ2n) is 8.64. The first-order valence-electron chi connectivity index (χ1n) is 11.5. The number of piperidine rings is 1. The molecular weight excluding hydrogens is 408 g/mol. The predicted molar refractivity (Wildman–Crippen MR) is 123 cm³/mol. The highest BCUT2D eigenvalue weighted by atomic mass is 32.1. The molecule has 1 aromatic carbocycles. The first kappa shape index (κ1) is 21.9. The Morgan fingerprint density at radius 3 is 2.61 bits per heavy atom. The summed E-state index contributed by atoms with van der Waals surface area (Å²) < 4.78 is 5.67. The number of thiophene rings is 1. The van der Waals surface area contributed by atoms with Crippen LogP contribution < -0.4 is 10.1 Å². The summed E-state index contributed by atoms with van der Waals surface area (Å²) in [6.45, 7) is 1.60. The van der Waals surface area contributed by atoms with Crippen LogP contribution in [0.1, 0.15) is 55.9 Å². The number of amides is 2. The molecule has 0 bridgehead atoms. The van der Waals surface area contributed by atoms with Crippen molar-refractivity contribution in [2.45, 2.75) is 51.0 Å². The number of hydrogen-bond acceptors (Lipinski definition) is 4. The minimum Gasteiger partial charge on any atom is -0.493 e. The van der Waals surface area contributed by atoms with Crippen molar-refractivity contribution in [1.29, 1.82) is 0 Å². The van der Waals surface area contributed by atoms with E-state index in [1.165, 1.54) is 30.6 Å². The van der Waals surface area contributed by atoms with Gasteiger partial charge in [0, 0.05) is 18.0 Å². The quantitative estimate of drug-likeness (QED) is 0.641. The van der Waals surface area contributed by atoms with Gasteiger partial charge in [-0.1, -0.05) is 37.1 Å². The minimum atomic E-state index is -0.128. The van der Waals surface area contributed by atoms with Crippen LogP contribution in [-0.2, 0) is 9.59 Å². The van der Waals surface area contributed by atoms with Crippen molar-refractivity contribution in [3.05, 3.63) is 52.7 Å². The molecule has 1 saturated heterocycles. The van der Waals surface area contributed by atoms with Gasteiger partial charge in [-0.05, 0) is 55.2 Å². The van der Waals surface area contributed by atoms with Gasteiger partial charge in [-0.3, -0.25) is 9.59 Å². The Morgan fingerprint density at radius 2 is 1.87 bits per heavy atom. The number of nitrogens with one attached hydrogen (secondary N) is 1. The standard InChI is InChI=1S/C25H32N2O3S/c28-23(14-16-30-21-11-2-1-3-12-21)27-15-6-10-20(18-27)25(29)26-24(19-8-4-5-9-19)22-13-7-17-31-22/h1-3,7,11-13,17,19-20,24H,4-6,8-10,14-16,18H2,(H,26,29). The summed E-state index contributed by atoms with van der Waals surface area (Å²) in [6.07, 6.45) is 6.91. The normalized spacial score (nSPS) is 20.4. The van der Waals surface area contributed by atoms with E-state index in [0.717, 1.165) is 25.1 Å². The lowest BCUT2D eigenvalue weighted by molar-refractivity contribution is -0.136. The maximum atomic E-state index is 13.2. The number of carbonyl (C=O) groups excluding carboxylic acids is 2. The maximum absolute atomic E-state index is 13.2. The molecule has 2 heterocycles. The zero-order valence-electron chi connectivity index (χ0n) is 18.0. The predicted octanol–water partition coefficient (Wildman–Crippen LogP) is 4.80. The Balaban J connectivity index is 1.29. The monoisotopic (exact) mass is 440 g/mol. The van der Waals surface area contributed by atoms with Gasteiger partial charge >= 0.3 is 0 Å². The van der Waals surface area contributed by atoms with Crippen molar-refractivity contribution in [2.24, 2.45) is 11.8 Å². The third-order valence-electron chi connectivity index (χ3n) is 6.49. The number of carbonyl (C=O) groups is 2. The highest BCUT2D eigenvalue weighted by molar-refractivity contribution is 7.10. The Kier molecular flexibility index (Phi) is 7.62. The molecule has 5 nitrogen and oxygen atoms in total. The Bertz CT molecular complexity index is 834. The van der Waals surface area contributed by atoms with Crippen molar-refractivity contribution in [3.63, 3.8) is 0 Å². The zero-order chi connectivity index (χ0) is 21.5. The number of nitrogens with zero attached hydrogens (tertiary/aromatic N) is 1. The smallest absolute Gasteiger partial charge is 0.226 e. The van der Waals surface area contributed by atoms with E-state index in [1.807, 2.05) is 35.2 Å². The molecule has 0 spiro atoms. The summed E-state index contributed by atoms with van der Waals surface area (Å²) in [7, 11) is 0. The lowest BCUT2D eigenvalue weighted by Gasteiger charge is -2.33. The molecule has 2 amide bonds. The number of ether oxygens (including phenoxy) is 1. The van der Waals surface area contributed by atoms with Crippen LogP contribution in [-0.4, -0.2) is 36.4 Å². The average molecular weight is 441 g/mol. The third kappa shape index (κ3) is 5.88. The van der Waals surface area contributed by atoms with E-state index in [9.17, 15) is 9.59 Å². The molecule has 1 saturated carbocycles. The fraction of sp³-hybridized carbons (Fsp3) is 0.520. The Morgan fingerprint density at radius 1 is 1.06 bits per heavy atom. The first-order valence-corrected chi connectivity index (χ1v) is 12.4. The molecule has 1 aliphatic carbocycles. The molecule has 2 atom stereocenters. The van der Waals surface area contributed by atoms with Crippen LogP contribution in [0.2, 0.25) is 0 Å². The third-order valence-corrected chi connectivity index (χ3v) is 7.45. The van der Waals surface area contributed by atoms with E-state index in [-0.39, 0.29) is 23.8 Å². The van der Waals surface area contributed by atoms with Crippen molar-refractivity contribution >= 4 is 23.2 Å². The number of likely N-dealkylation sites (tertiary alicyclic amines) is 1. The molecule has 1 N–H and O–H groups in total. The average Bonchev–Trinajstić information content (AvgIpc) is 3.53. The maximum Gasteiger partial charge on any atom is 0.226 e. The molecule has 166 valence electrons. The van der Waals surface area contributed by atoms with E-state index in [4.69, 9.17) is 4.74 Å². The van der Waals surface area contributed by atoms with Crippen molar-refractivity contribution in [2.75, 3.05) is 19.7 Å². The van der Waals surface area contributed by atoms with E-state index >= 15 is 0 Å². The fourth-order valence-electron chi connectivity index (χ4n) is 4.80. The summed E-state index contributed by atoms with van der Waals surface area (Å²) in [6, 6.07) is 13.9. The van der Waals surface area contributed by atoms with Gasteiger partial charge in [0.2, 0.25) is 11.8 Å². The van der Waals surface area contributed by atoms with Gasteiger partial charge in [0.25, 0.3) is 0 Å². The van der Waals surface area contributed by atoms with Crippen LogP contribution in [0, 0.1) is 11.8 Å². The summed E-state index contributed by atoms with van der Waals surface area (Å²) in [5.41, 5.74) is 0. The molecule has 2 fully saturated rings. The number of benzene rings is 1. The number of para-hydroxylation sites is 1. The highest BCUT2D eigenvalue weighted by Gasteiger charge is 2.33. The molecule has 1 aromatic heterocycles. The zero-order valence-corrected chi connectivity index (χ0v) is 18.8. The van der Waals surface area contributed by atoms with Gasteiger partial charge < -0.3 is 15.0 Å². The molecule has 31 heavy (non-hydrogen) atoms. The van der Waals surface area contributed by atoms with E-state index in [2.05, 4.69) is 22.8 Å². The van der Waals surface area contributed by atoms with E-state index < -0.39 is 0 Å². The van der Waals surface area contributed by atoms with Gasteiger partial charge in [0.05, 0.1) is 25.0 Å². The largest absolute Gasteiger partial charge is 0.493 e. The van der Waals surface area contributed by atoms with Crippen LogP contribution in [0.3, 0.4) is 0 Å². The molecular formula is C25H32N2O3S. The molecule has 6 heteroatoms. The summed E-state index contributed by atoms with van der Waals surface area (Å²) in [5.74, 6) is 1.34. The van der Waals surface area contributed by atoms with Crippen molar-refractivity contribution in [1.82, 2.24) is 10.2 Å². The first-order chi connectivity index (χ1) is 15.2. The molecule has 0 radical (unpaired) electrons. The van der Waals surface area contributed by atoms with Crippen LogP contribution in [0.25, 0.3) is 0 Å². The molecule has 2 unspecified atom stereocenters. The molecule has 2 aromatic rings. The van der Waals surface area contributed by atoms with Gasteiger partial charge in [-0.2, -0.15) is 0 Å².